The zero-order valence-electron chi connectivity index (χ0n) is 16.4. The molecule has 1 N–H and O–H groups in total. The number of nitrogens with one attached hydrogen (secondary N) is 1. The Bertz CT molecular complexity index is 767. The number of ether oxygens (including phenoxy) is 2. The van der Waals surface area contributed by atoms with Crippen molar-refractivity contribution >= 4 is 10.0 Å². The number of fused-ring (bicyclic) bond motifs is 5. The van der Waals surface area contributed by atoms with Crippen molar-refractivity contribution in [1.82, 2.24) is 19.6 Å². The van der Waals surface area contributed by atoms with Gasteiger partial charge in [0.2, 0.25) is 15.9 Å². The van der Waals surface area contributed by atoms with Gasteiger partial charge in [0.15, 0.2) is 0 Å². The number of sulfonamides is 1. The molecule has 0 radical (unpaired) electrons. The molecule has 1 saturated heterocycles. The molecule has 1 aliphatic carbocycles. The molecule has 1 saturated carbocycles. The quantitative estimate of drug-likeness (QED) is 0.785. The second kappa shape index (κ2) is 8.61. The van der Waals surface area contributed by atoms with Crippen LogP contribution in [0.5, 0.6) is 5.88 Å². The van der Waals surface area contributed by atoms with Crippen molar-refractivity contribution in [2.75, 3.05) is 32.6 Å². The molecule has 2 bridgehead atoms. The molecule has 0 aromatic carbocycles. The Kier molecular flexibility index (Phi) is 6.15. The van der Waals surface area contributed by atoms with Crippen LogP contribution in [0.2, 0.25) is 0 Å². The predicted octanol–water partition coefficient (Wildman–Crippen LogP) is 1.29. The molecule has 1 aromatic rings. The van der Waals surface area contributed by atoms with Crippen molar-refractivity contribution in [1.29, 1.82) is 0 Å². The molecule has 0 spiro atoms. The van der Waals surface area contributed by atoms with Gasteiger partial charge in [-0.05, 0) is 45.1 Å². The van der Waals surface area contributed by atoms with E-state index in [-0.39, 0.29) is 18.2 Å². The highest BCUT2D eigenvalue weighted by molar-refractivity contribution is 7.88. The minimum atomic E-state index is -3.26. The summed E-state index contributed by atoms with van der Waals surface area (Å²) in [6.07, 6.45) is 10.7. The van der Waals surface area contributed by atoms with Gasteiger partial charge < -0.3 is 9.47 Å². The Morgan fingerprint density at radius 1 is 1.11 bits per heavy atom. The largest absolute Gasteiger partial charge is 0.475 e. The van der Waals surface area contributed by atoms with Crippen LogP contribution in [0.1, 0.15) is 50.1 Å². The van der Waals surface area contributed by atoms with Gasteiger partial charge in [0.1, 0.15) is 12.3 Å². The lowest BCUT2D eigenvalue weighted by atomic mass is 9.85. The third kappa shape index (κ3) is 4.82. The van der Waals surface area contributed by atoms with Crippen molar-refractivity contribution < 1.29 is 17.9 Å². The van der Waals surface area contributed by atoms with Gasteiger partial charge in [-0.25, -0.2) is 18.1 Å². The highest BCUT2D eigenvalue weighted by Crippen LogP contribution is 2.36. The minimum absolute atomic E-state index is 0.0203. The highest BCUT2D eigenvalue weighted by Gasteiger charge is 2.35. The maximum Gasteiger partial charge on any atom is 0.235 e. The van der Waals surface area contributed by atoms with Gasteiger partial charge in [-0.2, -0.15) is 0 Å². The van der Waals surface area contributed by atoms with Crippen LogP contribution in [-0.4, -0.2) is 74.0 Å². The van der Waals surface area contributed by atoms with Gasteiger partial charge >= 0.3 is 0 Å². The predicted molar refractivity (Wildman–Crippen MR) is 105 cm³/mol. The lowest BCUT2D eigenvalue weighted by Gasteiger charge is -2.41. The van der Waals surface area contributed by atoms with Crippen LogP contribution in [0.4, 0.5) is 0 Å². The maximum absolute atomic E-state index is 11.9. The summed E-state index contributed by atoms with van der Waals surface area (Å²) in [5.74, 6) is 1.01. The topological polar surface area (TPSA) is 93.7 Å². The Labute approximate surface area is 167 Å². The molecule has 4 aliphatic rings. The second-order valence-electron chi connectivity index (χ2n) is 8.14. The van der Waals surface area contributed by atoms with Crippen LogP contribution in [-0.2, 0) is 14.8 Å². The molecule has 5 rings (SSSR count). The monoisotopic (exact) mass is 410 g/mol. The fourth-order valence-electron chi connectivity index (χ4n) is 4.76. The summed E-state index contributed by atoms with van der Waals surface area (Å²) in [7, 11) is -3.26. The third-order valence-electron chi connectivity index (χ3n) is 6.13. The smallest absolute Gasteiger partial charge is 0.235 e. The SMILES string of the molecule is CS(=O)(=O)N[C@H]1CCCN2CCOc3nccnc3[C@H]3CC[C@H](CC3)OC[C@@H]12. The van der Waals surface area contributed by atoms with Gasteiger partial charge in [-0.3, -0.25) is 9.88 Å². The van der Waals surface area contributed by atoms with E-state index in [1.54, 1.807) is 12.4 Å². The number of piperidine rings is 1. The summed E-state index contributed by atoms with van der Waals surface area (Å²) < 4.78 is 38.9. The van der Waals surface area contributed by atoms with E-state index in [0.717, 1.165) is 50.8 Å². The van der Waals surface area contributed by atoms with E-state index >= 15 is 0 Å². The number of hydrogen-bond donors (Lipinski definition) is 1. The summed E-state index contributed by atoms with van der Waals surface area (Å²) in [6, 6.07) is -0.107. The molecule has 2 fully saturated rings. The second-order valence-corrected chi connectivity index (χ2v) is 9.92. The van der Waals surface area contributed by atoms with Crippen molar-refractivity contribution in [2.24, 2.45) is 0 Å². The summed E-state index contributed by atoms with van der Waals surface area (Å²) in [5.41, 5.74) is 0.965. The molecule has 0 amide bonds. The molecular formula is C19H30N4O4S. The molecule has 156 valence electrons. The first kappa shape index (κ1) is 20.0. The number of aromatic nitrogens is 2. The fraction of sp³-hybridized carbons (Fsp3) is 0.789. The van der Waals surface area contributed by atoms with Crippen LogP contribution in [0.15, 0.2) is 12.4 Å². The summed E-state index contributed by atoms with van der Waals surface area (Å²) in [5, 5.41) is 0. The average molecular weight is 411 g/mol. The van der Waals surface area contributed by atoms with E-state index < -0.39 is 10.0 Å². The zero-order valence-corrected chi connectivity index (χ0v) is 17.2. The molecule has 0 unspecified atom stereocenters. The van der Waals surface area contributed by atoms with Crippen LogP contribution in [0.3, 0.4) is 0 Å². The molecule has 28 heavy (non-hydrogen) atoms. The average Bonchev–Trinajstić information content (AvgIpc) is 2.69. The van der Waals surface area contributed by atoms with Crippen LogP contribution < -0.4 is 9.46 Å². The van der Waals surface area contributed by atoms with E-state index in [2.05, 4.69) is 19.6 Å². The first-order valence-corrected chi connectivity index (χ1v) is 12.2. The maximum atomic E-state index is 11.9. The Hall–Kier alpha value is -1.29. The highest BCUT2D eigenvalue weighted by atomic mass is 32.2. The van der Waals surface area contributed by atoms with Crippen molar-refractivity contribution in [3.8, 4) is 5.88 Å². The Morgan fingerprint density at radius 2 is 1.89 bits per heavy atom. The number of rotatable bonds is 2. The molecule has 3 aliphatic heterocycles. The third-order valence-corrected chi connectivity index (χ3v) is 6.86. The standard InChI is InChI=1S/C19H30N4O4S/c1-28(24,25)22-16-3-2-10-23-11-12-26-19-18(20-8-9-21-19)14-4-6-15(7-5-14)27-13-17(16)23/h8-9,14-17,22H,2-7,10-13H2,1H3/t14-,15+,16-,17-/m0/s1. The molecular weight excluding hydrogens is 380 g/mol. The Morgan fingerprint density at radius 3 is 2.68 bits per heavy atom. The van der Waals surface area contributed by atoms with Crippen molar-refractivity contribution in [2.45, 2.75) is 62.6 Å². The van der Waals surface area contributed by atoms with Crippen LogP contribution in [0, 0.1) is 0 Å². The lowest BCUT2D eigenvalue weighted by Crippen LogP contribution is -2.58. The first-order valence-electron chi connectivity index (χ1n) is 10.3. The Balaban J connectivity index is 1.55. The van der Waals surface area contributed by atoms with Gasteiger partial charge in [0.05, 0.1) is 19.0 Å². The zero-order chi connectivity index (χ0) is 19.6. The molecule has 8 nitrogen and oxygen atoms in total. The number of hydrogen-bond acceptors (Lipinski definition) is 7. The lowest BCUT2D eigenvalue weighted by molar-refractivity contribution is -0.0285. The molecule has 2 atom stereocenters. The van der Waals surface area contributed by atoms with E-state index in [0.29, 0.717) is 31.6 Å². The minimum Gasteiger partial charge on any atom is -0.475 e. The van der Waals surface area contributed by atoms with Crippen molar-refractivity contribution in [3.63, 3.8) is 0 Å². The van der Waals surface area contributed by atoms with E-state index in [1.807, 2.05) is 0 Å². The van der Waals surface area contributed by atoms with Gasteiger partial charge in [-0.1, -0.05) is 0 Å². The van der Waals surface area contributed by atoms with Crippen LogP contribution >= 0.6 is 0 Å². The summed E-state index contributed by atoms with van der Waals surface area (Å²) in [6.45, 7) is 2.68. The first-order chi connectivity index (χ1) is 13.5. The van der Waals surface area contributed by atoms with Gasteiger partial charge in [-0.15, -0.1) is 0 Å². The number of nitrogens with zero attached hydrogens (tertiary/aromatic N) is 3. The fourth-order valence-corrected chi connectivity index (χ4v) is 5.59. The van der Waals surface area contributed by atoms with Crippen molar-refractivity contribution in [3.05, 3.63) is 18.1 Å². The molecule has 9 heteroatoms. The normalized spacial score (nSPS) is 32.2. The van der Waals surface area contributed by atoms with Gasteiger partial charge in [0.25, 0.3) is 0 Å². The van der Waals surface area contributed by atoms with E-state index in [9.17, 15) is 8.42 Å². The van der Waals surface area contributed by atoms with E-state index in [1.165, 1.54) is 6.26 Å². The molecule has 4 heterocycles. The van der Waals surface area contributed by atoms with E-state index in [4.69, 9.17) is 9.47 Å². The van der Waals surface area contributed by atoms with Gasteiger partial charge in [0, 0.05) is 36.9 Å². The van der Waals surface area contributed by atoms with Crippen LogP contribution in [0.25, 0.3) is 0 Å². The molecule has 1 aromatic heterocycles. The summed E-state index contributed by atoms with van der Waals surface area (Å²) in [4.78, 5) is 11.3. The summed E-state index contributed by atoms with van der Waals surface area (Å²) >= 11 is 0.